The molecular weight excluding hydrogens is 303 g/mol. The number of ketones is 1. The third-order valence-corrected chi connectivity index (χ3v) is 3.30. The second-order valence-electron chi connectivity index (χ2n) is 6.40. The Morgan fingerprint density at radius 2 is 1.83 bits per heavy atom. The smallest absolute Gasteiger partial charge is 0.407 e. The molecule has 0 bridgehead atoms. The van der Waals surface area contributed by atoms with Crippen molar-refractivity contribution in [1.82, 2.24) is 5.32 Å². The van der Waals surface area contributed by atoms with E-state index in [-0.39, 0.29) is 0 Å². The monoisotopic (exact) mass is 322 g/mol. The number of anilines is 1. The number of carbonyl (C=O) groups is 3. The van der Waals surface area contributed by atoms with Crippen LogP contribution in [0.5, 0.6) is 0 Å². The van der Waals surface area contributed by atoms with E-state index >= 15 is 0 Å². The van der Waals surface area contributed by atoms with E-state index in [1.807, 2.05) is 0 Å². The van der Waals surface area contributed by atoms with Gasteiger partial charge in [0, 0.05) is 5.69 Å². The minimum absolute atomic E-state index is 0.402. The Morgan fingerprint density at radius 3 is 2.35 bits per heavy atom. The Hall–Kier alpha value is -2.44. The van der Waals surface area contributed by atoms with Crippen LogP contribution in [0.1, 0.15) is 27.7 Å². The highest BCUT2D eigenvalue weighted by Gasteiger charge is 2.50. The fourth-order valence-electron chi connectivity index (χ4n) is 2.33. The van der Waals surface area contributed by atoms with Gasteiger partial charge in [-0.05, 0) is 52.0 Å². The summed E-state index contributed by atoms with van der Waals surface area (Å²) in [6.07, 6.45) is -0.670. The summed E-state index contributed by atoms with van der Waals surface area (Å²) in [5.41, 5.74) is -0.265. The highest BCUT2D eigenvalue weighted by molar-refractivity contribution is 6.52. The lowest BCUT2D eigenvalue weighted by atomic mass is 9.92. The van der Waals surface area contributed by atoms with Gasteiger partial charge in [-0.1, -0.05) is 0 Å². The van der Waals surface area contributed by atoms with Crippen LogP contribution in [0.4, 0.5) is 14.9 Å². The van der Waals surface area contributed by atoms with Crippen molar-refractivity contribution in [2.45, 2.75) is 45.4 Å². The lowest BCUT2D eigenvalue weighted by molar-refractivity contribution is -0.144. The maximum atomic E-state index is 13.0. The van der Waals surface area contributed by atoms with Gasteiger partial charge in [-0.3, -0.25) is 14.5 Å². The lowest BCUT2D eigenvalue weighted by Crippen LogP contribution is -2.69. The molecule has 1 aliphatic rings. The molecule has 2 amide bonds. The molecule has 7 heteroatoms. The molecule has 1 aromatic rings. The molecule has 0 saturated carbocycles. The molecule has 0 radical (unpaired) electrons. The van der Waals surface area contributed by atoms with Crippen LogP contribution in [0.25, 0.3) is 0 Å². The summed E-state index contributed by atoms with van der Waals surface area (Å²) in [7, 11) is 0. The summed E-state index contributed by atoms with van der Waals surface area (Å²) in [6, 6.07) is 3.75. The number of ether oxygens (including phenoxy) is 1. The maximum absolute atomic E-state index is 13.0. The molecule has 2 atom stereocenters. The first-order valence-corrected chi connectivity index (χ1v) is 7.22. The van der Waals surface area contributed by atoms with Gasteiger partial charge in [-0.15, -0.1) is 0 Å². The van der Waals surface area contributed by atoms with Crippen molar-refractivity contribution in [3.8, 4) is 0 Å². The first-order chi connectivity index (χ1) is 10.6. The van der Waals surface area contributed by atoms with Crippen LogP contribution in [0.3, 0.4) is 0 Å². The fraction of sp³-hybridized carbons (Fsp3) is 0.438. The SMILES string of the molecule is C[C@H](NC(=O)OC(C)(C)C)[C@@H]1C(=O)C(=O)N1c1ccc(F)cc1. The number of β-lactam (4-membered cyclic amide) rings is 1. The molecule has 1 fully saturated rings. The van der Waals surface area contributed by atoms with Crippen LogP contribution in [-0.4, -0.2) is 35.5 Å². The van der Waals surface area contributed by atoms with E-state index in [1.54, 1.807) is 27.7 Å². The topological polar surface area (TPSA) is 75.7 Å². The average molecular weight is 322 g/mol. The van der Waals surface area contributed by atoms with Gasteiger partial charge in [0.15, 0.2) is 0 Å². The summed E-state index contributed by atoms with van der Waals surface area (Å²) < 4.78 is 18.1. The van der Waals surface area contributed by atoms with Crippen LogP contribution < -0.4 is 10.2 Å². The first-order valence-electron chi connectivity index (χ1n) is 7.22. The van der Waals surface area contributed by atoms with Gasteiger partial charge in [-0.2, -0.15) is 0 Å². The molecule has 0 aromatic heterocycles. The Morgan fingerprint density at radius 1 is 1.26 bits per heavy atom. The molecule has 0 unspecified atom stereocenters. The van der Waals surface area contributed by atoms with Crippen LogP contribution in [0.2, 0.25) is 0 Å². The van der Waals surface area contributed by atoms with E-state index in [1.165, 1.54) is 29.2 Å². The summed E-state index contributed by atoms with van der Waals surface area (Å²) in [5, 5.41) is 2.55. The molecule has 1 N–H and O–H groups in total. The van der Waals surface area contributed by atoms with E-state index < -0.39 is 41.3 Å². The van der Waals surface area contributed by atoms with E-state index in [4.69, 9.17) is 4.74 Å². The molecule has 0 aliphatic carbocycles. The normalized spacial score (nSPS) is 19.2. The molecule has 1 saturated heterocycles. The van der Waals surface area contributed by atoms with Gasteiger partial charge >= 0.3 is 6.09 Å². The van der Waals surface area contributed by atoms with Gasteiger partial charge in [0.05, 0.1) is 6.04 Å². The standard InChI is InChI=1S/C16H19FN2O4/c1-9(18-15(22)23-16(2,3)4)12-13(20)14(21)19(12)11-7-5-10(17)6-8-11/h5-9,12H,1-4H3,(H,18,22)/t9-,12+/m0/s1. The van der Waals surface area contributed by atoms with Crippen LogP contribution >= 0.6 is 0 Å². The summed E-state index contributed by atoms with van der Waals surface area (Å²) in [6.45, 7) is 6.77. The second kappa shape index (κ2) is 5.98. The Labute approximate surface area is 133 Å². The number of carbonyl (C=O) groups excluding carboxylic acids is 3. The number of rotatable bonds is 3. The zero-order chi connectivity index (χ0) is 17.4. The number of hydrogen-bond acceptors (Lipinski definition) is 4. The Balaban J connectivity index is 2.10. The predicted octanol–water partition coefficient (Wildman–Crippen LogP) is 2.02. The quantitative estimate of drug-likeness (QED) is 0.682. The number of nitrogens with one attached hydrogen (secondary N) is 1. The van der Waals surface area contributed by atoms with E-state index in [9.17, 15) is 18.8 Å². The largest absolute Gasteiger partial charge is 0.444 e. The number of amides is 2. The van der Waals surface area contributed by atoms with Gasteiger partial charge in [-0.25, -0.2) is 9.18 Å². The van der Waals surface area contributed by atoms with Crippen LogP contribution in [0, 0.1) is 5.82 Å². The minimum atomic E-state index is -0.833. The number of Topliss-reactive ketones (excluding diaryl/α,β-unsaturated/α-hetero) is 1. The van der Waals surface area contributed by atoms with Gasteiger partial charge in [0.2, 0.25) is 5.78 Å². The third-order valence-electron chi connectivity index (χ3n) is 3.30. The highest BCUT2D eigenvalue weighted by atomic mass is 19.1. The molecular formula is C16H19FN2O4. The minimum Gasteiger partial charge on any atom is -0.444 e. The first kappa shape index (κ1) is 16.9. The Kier molecular flexibility index (Phi) is 4.40. The third kappa shape index (κ3) is 3.67. The molecule has 2 rings (SSSR count). The maximum Gasteiger partial charge on any atom is 0.407 e. The van der Waals surface area contributed by atoms with Crippen molar-refractivity contribution in [1.29, 1.82) is 0 Å². The van der Waals surface area contributed by atoms with Crippen molar-refractivity contribution in [3.05, 3.63) is 30.1 Å². The molecule has 1 aliphatic heterocycles. The predicted molar refractivity (Wildman–Crippen MR) is 81.5 cm³/mol. The van der Waals surface area contributed by atoms with Crippen LogP contribution in [0.15, 0.2) is 24.3 Å². The number of hydrogen-bond donors (Lipinski definition) is 1. The van der Waals surface area contributed by atoms with Crippen molar-refractivity contribution in [2.24, 2.45) is 0 Å². The van der Waals surface area contributed by atoms with E-state index in [0.29, 0.717) is 5.69 Å². The van der Waals surface area contributed by atoms with Gasteiger partial charge in [0.1, 0.15) is 17.5 Å². The van der Waals surface area contributed by atoms with Crippen LogP contribution in [-0.2, 0) is 14.3 Å². The molecule has 1 heterocycles. The fourth-order valence-corrected chi connectivity index (χ4v) is 2.33. The van der Waals surface area contributed by atoms with E-state index in [0.717, 1.165) is 0 Å². The zero-order valence-electron chi connectivity index (χ0n) is 13.4. The van der Waals surface area contributed by atoms with Crippen molar-refractivity contribution < 1.29 is 23.5 Å². The number of alkyl carbamates (subject to hydrolysis) is 1. The molecule has 6 nitrogen and oxygen atoms in total. The molecule has 1 aromatic carbocycles. The van der Waals surface area contributed by atoms with Crippen molar-refractivity contribution in [3.63, 3.8) is 0 Å². The Bertz CT molecular complexity index is 636. The highest BCUT2D eigenvalue weighted by Crippen LogP contribution is 2.27. The lowest BCUT2D eigenvalue weighted by Gasteiger charge is -2.41. The average Bonchev–Trinajstić information content (AvgIpc) is 2.42. The number of nitrogens with zero attached hydrogens (tertiary/aromatic N) is 1. The summed E-state index contributed by atoms with van der Waals surface area (Å²) in [4.78, 5) is 36.7. The summed E-state index contributed by atoms with van der Waals surface area (Å²) in [5.74, 6) is -1.72. The number of halogens is 1. The molecule has 0 spiro atoms. The van der Waals surface area contributed by atoms with Gasteiger partial charge < -0.3 is 10.1 Å². The molecule has 23 heavy (non-hydrogen) atoms. The number of benzene rings is 1. The zero-order valence-corrected chi connectivity index (χ0v) is 13.4. The summed E-state index contributed by atoms with van der Waals surface area (Å²) >= 11 is 0. The second-order valence-corrected chi connectivity index (χ2v) is 6.40. The van der Waals surface area contributed by atoms with Crippen molar-refractivity contribution >= 4 is 23.5 Å². The molecule has 124 valence electrons. The van der Waals surface area contributed by atoms with E-state index in [2.05, 4.69) is 5.32 Å². The van der Waals surface area contributed by atoms with Crippen molar-refractivity contribution in [2.75, 3.05) is 4.90 Å². The van der Waals surface area contributed by atoms with Gasteiger partial charge in [0.25, 0.3) is 5.91 Å².